The average Bonchev–Trinajstić information content (AvgIpc) is 2.67. The number of aromatic nitrogens is 1. The second kappa shape index (κ2) is 8.89. The van der Waals surface area contributed by atoms with Crippen molar-refractivity contribution in [2.45, 2.75) is 33.6 Å². The number of hydrogen-bond donors (Lipinski definition) is 2. The monoisotopic (exact) mass is 366 g/mol. The number of carbonyl (C=O) groups is 1. The molecule has 1 aromatic heterocycles. The fraction of sp³-hybridized carbons (Fsp3) is 0.455. The van der Waals surface area contributed by atoms with Crippen LogP contribution in [0.5, 0.6) is 0 Å². The molecule has 0 aliphatic carbocycles. The fourth-order valence-corrected chi connectivity index (χ4v) is 3.22. The van der Waals surface area contributed by atoms with Gasteiger partial charge >= 0.3 is 0 Å². The molecular formula is C22H30N4O. The van der Waals surface area contributed by atoms with Crippen molar-refractivity contribution in [3.63, 3.8) is 0 Å². The van der Waals surface area contributed by atoms with Gasteiger partial charge < -0.3 is 15.5 Å². The molecule has 2 N–H and O–H groups in total. The Bertz CT molecular complexity index is 749. The van der Waals surface area contributed by atoms with Crippen molar-refractivity contribution >= 4 is 23.0 Å². The molecule has 0 atom stereocenters. The molecule has 0 saturated carbocycles. The first kappa shape index (κ1) is 19.2. The zero-order chi connectivity index (χ0) is 19.2. The zero-order valence-corrected chi connectivity index (χ0v) is 16.5. The predicted molar refractivity (Wildman–Crippen MR) is 112 cm³/mol. The molecule has 0 unspecified atom stereocenters. The molecule has 5 heteroatoms. The maximum atomic E-state index is 12.2. The standard InChI is InChI=1S/C22H30N4O/c1-16(2)13-24-22(27)18-12-20(15-23-14-18)25-19-4-6-21(7-5-19)26-10-8-17(3)9-11-26/h4-7,12,14-17,25H,8-11,13H2,1-3H3,(H,24,27). The van der Waals surface area contributed by atoms with Crippen LogP contribution in [0.4, 0.5) is 17.1 Å². The van der Waals surface area contributed by atoms with Crippen molar-refractivity contribution in [3.8, 4) is 0 Å². The molecule has 27 heavy (non-hydrogen) atoms. The van der Waals surface area contributed by atoms with Gasteiger partial charge in [0.1, 0.15) is 0 Å². The van der Waals surface area contributed by atoms with E-state index in [0.29, 0.717) is 18.0 Å². The summed E-state index contributed by atoms with van der Waals surface area (Å²) >= 11 is 0. The molecule has 1 fully saturated rings. The Morgan fingerprint density at radius 3 is 2.52 bits per heavy atom. The highest BCUT2D eigenvalue weighted by Crippen LogP contribution is 2.25. The van der Waals surface area contributed by atoms with Gasteiger partial charge in [0.15, 0.2) is 0 Å². The summed E-state index contributed by atoms with van der Waals surface area (Å²) in [6.45, 7) is 9.40. The minimum absolute atomic E-state index is 0.0884. The van der Waals surface area contributed by atoms with E-state index in [0.717, 1.165) is 30.4 Å². The van der Waals surface area contributed by atoms with Gasteiger partial charge in [0.25, 0.3) is 5.91 Å². The second-order valence-electron chi connectivity index (χ2n) is 7.91. The van der Waals surface area contributed by atoms with Gasteiger partial charge in [0, 0.05) is 37.2 Å². The lowest BCUT2D eigenvalue weighted by atomic mass is 9.99. The normalized spacial score (nSPS) is 15.0. The molecule has 1 aliphatic heterocycles. The van der Waals surface area contributed by atoms with Crippen LogP contribution in [0.15, 0.2) is 42.7 Å². The van der Waals surface area contributed by atoms with Crippen LogP contribution < -0.4 is 15.5 Å². The quantitative estimate of drug-likeness (QED) is 0.793. The highest BCUT2D eigenvalue weighted by molar-refractivity contribution is 5.94. The SMILES string of the molecule is CC(C)CNC(=O)c1cncc(Nc2ccc(N3CCC(C)CC3)cc2)c1. The topological polar surface area (TPSA) is 57.3 Å². The third-order valence-electron chi connectivity index (χ3n) is 4.98. The lowest BCUT2D eigenvalue weighted by molar-refractivity contribution is 0.0948. The van der Waals surface area contributed by atoms with Gasteiger partial charge in [-0.2, -0.15) is 0 Å². The summed E-state index contributed by atoms with van der Waals surface area (Å²) in [5.41, 5.74) is 3.64. The molecule has 0 bridgehead atoms. The van der Waals surface area contributed by atoms with E-state index < -0.39 is 0 Å². The molecular weight excluding hydrogens is 336 g/mol. The van der Waals surface area contributed by atoms with Gasteiger partial charge in [-0.3, -0.25) is 9.78 Å². The fourth-order valence-electron chi connectivity index (χ4n) is 3.22. The number of carbonyl (C=O) groups excluding carboxylic acids is 1. The Balaban J connectivity index is 1.62. The van der Waals surface area contributed by atoms with Crippen LogP contribution in [-0.4, -0.2) is 30.5 Å². The Labute approximate surface area is 162 Å². The van der Waals surface area contributed by atoms with Crippen LogP contribution in [0.3, 0.4) is 0 Å². The first-order valence-electron chi connectivity index (χ1n) is 9.86. The first-order chi connectivity index (χ1) is 13.0. The largest absolute Gasteiger partial charge is 0.372 e. The number of amides is 1. The van der Waals surface area contributed by atoms with Crippen molar-refractivity contribution < 1.29 is 4.79 Å². The Kier molecular flexibility index (Phi) is 6.32. The summed E-state index contributed by atoms with van der Waals surface area (Å²) in [6, 6.07) is 10.3. The van der Waals surface area contributed by atoms with Crippen LogP contribution >= 0.6 is 0 Å². The molecule has 144 valence electrons. The number of nitrogens with zero attached hydrogens (tertiary/aromatic N) is 2. The zero-order valence-electron chi connectivity index (χ0n) is 16.5. The van der Waals surface area contributed by atoms with E-state index in [9.17, 15) is 4.79 Å². The van der Waals surface area contributed by atoms with Crippen molar-refractivity contribution in [1.29, 1.82) is 0 Å². The average molecular weight is 367 g/mol. The highest BCUT2D eigenvalue weighted by Gasteiger charge is 2.15. The minimum atomic E-state index is -0.0884. The number of piperidine rings is 1. The molecule has 2 heterocycles. The van der Waals surface area contributed by atoms with E-state index in [2.05, 4.69) is 65.6 Å². The number of rotatable bonds is 6. The third kappa shape index (κ3) is 5.46. The summed E-state index contributed by atoms with van der Waals surface area (Å²) in [4.78, 5) is 18.9. The van der Waals surface area contributed by atoms with E-state index in [1.165, 1.54) is 18.5 Å². The molecule has 1 saturated heterocycles. The molecule has 5 nitrogen and oxygen atoms in total. The highest BCUT2D eigenvalue weighted by atomic mass is 16.1. The number of benzene rings is 1. The molecule has 0 radical (unpaired) electrons. The summed E-state index contributed by atoms with van der Waals surface area (Å²) < 4.78 is 0. The molecule has 2 aromatic rings. The van der Waals surface area contributed by atoms with Crippen molar-refractivity contribution in [2.75, 3.05) is 29.9 Å². The summed E-state index contributed by atoms with van der Waals surface area (Å²) in [5, 5.41) is 6.26. The lowest BCUT2D eigenvalue weighted by Gasteiger charge is -2.32. The van der Waals surface area contributed by atoms with Gasteiger partial charge in [-0.05, 0) is 55.0 Å². The summed E-state index contributed by atoms with van der Waals surface area (Å²) in [5.74, 6) is 1.17. The summed E-state index contributed by atoms with van der Waals surface area (Å²) in [6.07, 6.45) is 5.86. The number of pyridine rings is 1. The van der Waals surface area contributed by atoms with E-state index >= 15 is 0 Å². The van der Waals surface area contributed by atoms with Gasteiger partial charge in [-0.1, -0.05) is 20.8 Å². The van der Waals surface area contributed by atoms with Crippen LogP contribution in [0, 0.1) is 11.8 Å². The van der Waals surface area contributed by atoms with Crippen molar-refractivity contribution in [3.05, 3.63) is 48.3 Å². The minimum Gasteiger partial charge on any atom is -0.372 e. The smallest absolute Gasteiger partial charge is 0.252 e. The third-order valence-corrected chi connectivity index (χ3v) is 4.98. The van der Waals surface area contributed by atoms with E-state index in [-0.39, 0.29) is 5.91 Å². The Hall–Kier alpha value is -2.56. The predicted octanol–water partition coefficient (Wildman–Crippen LogP) is 4.45. The van der Waals surface area contributed by atoms with E-state index in [4.69, 9.17) is 0 Å². The van der Waals surface area contributed by atoms with E-state index in [1.54, 1.807) is 12.4 Å². The molecule has 1 aromatic carbocycles. The number of anilines is 3. The van der Waals surface area contributed by atoms with Gasteiger partial charge in [0.2, 0.25) is 0 Å². The molecule has 1 aliphatic rings. The first-order valence-corrected chi connectivity index (χ1v) is 9.86. The van der Waals surface area contributed by atoms with Crippen LogP contribution in [0.2, 0.25) is 0 Å². The van der Waals surface area contributed by atoms with Crippen LogP contribution in [0.1, 0.15) is 44.0 Å². The molecule has 1 amide bonds. The Morgan fingerprint density at radius 1 is 1.15 bits per heavy atom. The van der Waals surface area contributed by atoms with E-state index in [1.807, 2.05) is 6.07 Å². The van der Waals surface area contributed by atoms with Gasteiger partial charge in [-0.15, -0.1) is 0 Å². The summed E-state index contributed by atoms with van der Waals surface area (Å²) in [7, 11) is 0. The van der Waals surface area contributed by atoms with Crippen molar-refractivity contribution in [1.82, 2.24) is 10.3 Å². The van der Waals surface area contributed by atoms with Crippen LogP contribution in [0.25, 0.3) is 0 Å². The van der Waals surface area contributed by atoms with Crippen molar-refractivity contribution in [2.24, 2.45) is 11.8 Å². The lowest BCUT2D eigenvalue weighted by Crippen LogP contribution is -2.32. The van der Waals surface area contributed by atoms with Gasteiger partial charge in [0.05, 0.1) is 17.4 Å². The maximum Gasteiger partial charge on any atom is 0.252 e. The Morgan fingerprint density at radius 2 is 1.85 bits per heavy atom. The maximum absolute atomic E-state index is 12.2. The number of hydrogen-bond acceptors (Lipinski definition) is 4. The number of nitrogens with one attached hydrogen (secondary N) is 2. The second-order valence-corrected chi connectivity index (χ2v) is 7.91. The van der Waals surface area contributed by atoms with Crippen LogP contribution in [-0.2, 0) is 0 Å². The molecule has 0 spiro atoms. The van der Waals surface area contributed by atoms with Gasteiger partial charge in [-0.25, -0.2) is 0 Å². The molecule has 3 rings (SSSR count).